The number of carbonyl (C=O) groups is 1. The van der Waals surface area contributed by atoms with Gasteiger partial charge >= 0.3 is 12.3 Å². The summed E-state index contributed by atoms with van der Waals surface area (Å²) in [5.41, 5.74) is -1.41. The summed E-state index contributed by atoms with van der Waals surface area (Å²) < 4.78 is 74.8. The molecule has 21 heavy (non-hydrogen) atoms. The number of ether oxygens (including phenoxy) is 3. The van der Waals surface area contributed by atoms with Crippen molar-refractivity contribution >= 4 is 5.97 Å². The number of pyridine rings is 1. The van der Waals surface area contributed by atoms with Crippen molar-refractivity contribution in [2.75, 3.05) is 14.2 Å². The van der Waals surface area contributed by atoms with Gasteiger partial charge in [-0.05, 0) is 0 Å². The molecule has 10 heteroatoms. The van der Waals surface area contributed by atoms with Gasteiger partial charge in [0.1, 0.15) is 5.75 Å². The van der Waals surface area contributed by atoms with Crippen LogP contribution in [0.5, 0.6) is 11.6 Å². The van der Waals surface area contributed by atoms with Gasteiger partial charge in [-0.25, -0.2) is 13.8 Å². The Bertz CT molecular complexity index is 518. The van der Waals surface area contributed by atoms with Crippen LogP contribution in [-0.4, -0.2) is 31.5 Å². The van der Waals surface area contributed by atoms with Crippen molar-refractivity contribution in [2.45, 2.75) is 19.2 Å². The van der Waals surface area contributed by atoms with E-state index in [9.17, 15) is 26.7 Å². The largest absolute Gasteiger partial charge is 0.574 e. The first kappa shape index (κ1) is 16.9. The number of hydrogen-bond donors (Lipinski definition) is 0. The molecule has 0 unspecified atom stereocenters. The molecule has 0 saturated carbocycles. The van der Waals surface area contributed by atoms with Gasteiger partial charge in [0, 0.05) is 6.07 Å². The Balaban J connectivity index is 3.33. The average molecular weight is 315 g/mol. The molecule has 0 amide bonds. The Morgan fingerprint density at radius 3 is 2.38 bits per heavy atom. The van der Waals surface area contributed by atoms with Crippen LogP contribution in [0.4, 0.5) is 22.0 Å². The molecule has 0 fully saturated rings. The van der Waals surface area contributed by atoms with Gasteiger partial charge in [0.2, 0.25) is 5.88 Å². The third-order valence-corrected chi connectivity index (χ3v) is 2.27. The first-order valence-corrected chi connectivity index (χ1v) is 5.36. The van der Waals surface area contributed by atoms with Gasteiger partial charge in [0.25, 0.3) is 6.43 Å². The zero-order chi connectivity index (χ0) is 16.2. The maximum absolute atomic E-state index is 13.0. The van der Waals surface area contributed by atoms with Crippen molar-refractivity contribution in [3.63, 3.8) is 0 Å². The molecular weight excluding hydrogens is 305 g/mol. The molecular formula is C11H10F5NO4. The minimum absolute atomic E-state index is 0.565. The highest BCUT2D eigenvalue weighted by Crippen LogP contribution is 2.35. The fraction of sp³-hybridized carbons (Fsp3) is 0.455. The molecule has 0 aliphatic rings. The van der Waals surface area contributed by atoms with Gasteiger partial charge < -0.3 is 14.2 Å². The van der Waals surface area contributed by atoms with Crippen LogP contribution in [-0.2, 0) is 16.0 Å². The fourth-order valence-corrected chi connectivity index (χ4v) is 1.47. The van der Waals surface area contributed by atoms with Crippen molar-refractivity contribution in [3.05, 3.63) is 17.3 Å². The number of nitrogens with zero attached hydrogens (tertiary/aromatic N) is 1. The second kappa shape index (κ2) is 6.55. The molecule has 1 rings (SSSR count). The number of esters is 1. The zero-order valence-corrected chi connectivity index (χ0v) is 10.8. The minimum atomic E-state index is -5.06. The molecule has 0 atom stereocenters. The summed E-state index contributed by atoms with van der Waals surface area (Å²) in [5, 5.41) is 0. The maximum Gasteiger partial charge on any atom is 0.574 e. The normalized spacial score (nSPS) is 11.4. The molecule has 0 radical (unpaired) electrons. The van der Waals surface area contributed by atoms with Crippen LogP contribution in [0.2, 0.25) is 0 Å². The van der Waals surface area contributed by atoms with Crippen molar-refractivity contribution in [1.82, 2.24) is 4.98 Å². The zero-order valence-electron chi connectivity index (χ0n) is 10.8. The number of aromatic nitrogens is 1. The number of hydrogen-bond acceptors (Lipinski definition) is 5. The SMILES string of the molecule is COC(=O)Cc1nc(OC(F)(F)F)cc(OC)c1C(F)F. The van der Waals surface area contributed by atoms with E-state index < -0.39 is 48.1 Å². The Hall–Kier alpha value is -2.13. The maximum atomic E-state index is 13.0. The molecule has 0 saturated heterocycles. The van der Waals surface area contributed by atoms with Gasteiger partial charge in [-0.1, -0.05) is 0 Å². The van der Waals surface area contributed by atoms with Crippen molar-refractivity contribution in [2.24, 2.45) is 0 Å². The standard InChI is InChI=1S/C11H10F5NO4/c1-19-6-4-7(21-11(14,15)16)17-5(3-8(18)20-2)9(6)10(12)13/h4,10H,3H2,1-2H3. The van der Waals surface area contributed by atoms with Gasteiger partial charge in [0.15, 0.2) is 0 Å². The predicted molar refractivity (Wildman–Crippen MR) is 58.1 cm³/mol. The van der Waals surface area contributed by atoms with Gasteiger partial charge in [-0.3, -0.25) is 4.79 Å². The molecule has 118 valence electrons. The Morgan fingerprint density at radius 1 is 1.33 bits per heavy atom. The van der Waals surface area contributed by atoms with E-state index >= 15 is 0 Å². The molecule has 0 bridgehead atoms. The first-order chi connectivity index (χ1) is 9.67. The Kier molecular flexibility index (Phi) is 5.28. The number of methoxy groups -OCH3 is 2. The van der Waals surface area contributed by atoms with Crippen LogP contribution in [0, 0.1) is 0 Å². The lowest BCUT2D eigenvalue weighted by Gasteiger charge is -2.15. The average Bonchev–Trinajstić information content (AvgIpc) is 2.35. The molecule has 1 aromatic heterocycles. The Labute approximate surface area is 115 Å². The monoisotopic (exact) mass is 315 g/mol. The number of halogens is 5. The van der Waals surface area contributed by atoms with Crippen LogP contribution in [0.25, 0.3) is 0 Å². The lowest BCUT2D eigenvalue weighted by atomic mass is 10.1. The highest BCUT2D eigenvalue weighted by atomic mass is 19.4. The van der Waals surface area contributed by atoms with E-state index in [0.29, 0.717) is 6.07 Å². The topological polar surface area (TPSA) is 57.7 Å². The van der Waals surface area contributed by atoms with E-state index in [1.807, 2.05) is 0 Å². The summed E-state index contributed by atoms with van der Waals surface area (Å²) in [7, 11) is 1.98. The number of alkyl halides is 5. The summed E-state index contributed by atoms with van der Waals surface area (Å²) in [6.45, 7) is 0. The smallest absolute Gasteiger partial charge is 0.496 e. The van der Waals surface area contributed by atoms with Gasteiger partial charge in [-0.15, -0.1) is 13.2 Å². The molecule has 0 aliphatic carbocycles. The quantitative estimate of drug-likeness (QED) is 0.617. The molecule has 0 aliphatic heterocycles. The van der Waals surface area contributed by atoms with Crippen molar-refractivity contribution in [3.8, 4) is 11.6 Å². The van der Waals surface area contributed by atoms with Crippen molar-refractivity contribution < 1.29 is 41.0 Å². The van der Waals surface area contributed by atoms with E-state index in [2.05, 4.69) is 19.2 Å². The molecule has 1 aromatic rings. The lowest BCUT2D eigenvalue weighted by molar-refractivity contribution is -0.276. The van der Waals surface area contributed by atoms with Gasteiger partial charge in [-0.2, -0.15) is 0 Å². The Morgan fingerprint density at radius 2 is 1.95 bits per heavy atom. The highest BCUT2D eigenvalue weighted by Gasteiger charge is 2.33. The molecule has 1 heterocycles. The van der Waals surface area contributed by atoms with E-state index in [1.54, 1.807) is 0 Å². The summed E-state index contributed by atoms with van der Waals surface area (Å²) in [6, 6.07) is 0.565. The summed E-state index contributed by atoms with van der Waals surface area (Å²) in [6.07, 6.45) is -8.92. The van der Waals surface area contributed by atoms with Gasteiger partial charge in [0.05, 0.1) is 31.9 Å². The number of rotatable bonds is 5. The summed E-state index contributed by atoms with van der Waals surface area (Å²) in [5.74, 6) is -2.53. The van der Waals surface area contributed by atoms with Crippen LogP contribution < -0.4 is 9.47 Å². The minimum Gasteiger partial charge on any atom is -0.496 e. The second-order valence-electron chi connectivity index (χ2n) is 3.62. The molecule has 5 nitrogen and oxygen atoms in total. The molecule has 0 aromatic carbocycles. The van der Waals surface area contributed by atoms with E-state index in [4.69, 9.17) is 0 Å². The lowest BCUT2D eigenvalue weighted by Crippen LogP contribution is -2.19. The van der Waals surface area contributed by atoms with E-state index in [1.165, 1.54) is 0 Å². The fourth-order valence-electron chi connectivity index (χ4n) is 1.47. The first-order valence-electron chi connectivity index (χ1n) is 5.36. The molecule has 0 spiro atoms. The number of carbonyl (C=O) groups excluding carboxylic acids is 1. The summed E-state index contributed by atoms with van der Waals surface area (Å²) in [4.78, 5) is 14.4. The van der Waals surface area contributed by atoms with Crippen LogP contribution in [0.3, 0.4) is 0 Å². The van der Waals surface area contributed by atoms with E-state index in [0.717, 1.165) is 14.2 Å². The second-order valence-corrected chi connectivity index (χ2v) is 3.62. The highest BCUT2D eigenvalue weighted by molar-refractivity contribution is 5.72. The third-order valence-electron chi connectivity index (χ3n) is 2.27. The van der Waals surface area contributed by atoms with Crippen molar-refractivity contribution in [1.29, 1.82) is 0 Å². The summed E-state index contributed by atoms with van der Waals surface area (Å²) >= 11 is 0. The van der Waals surface area contributed by atoms with Crippen LogP contribution in [0.15, 0.2) is 6.07 Å². The van der Waals surface area contributed by atoms with E-state index in [-0.39, 0.29) is 0 Å². The predicted octanol–water partition coefficient (Wildman–Crippen LogP) is 2.64. The van der Waals surface area contributed by atoms with Crippen LogP contribution in [0.1, 0.15) is 17.7 Å². The molecule has 0 N–H and O–H groups in total. The van der Waals surface area contributed by atoms with Crippen LogP contribution >= 0.6 is 0 Å². The third kappa shape index (κ3) is 4.72.